The number of hydrogen-bond acceptors (Lipinski definition) is 8. The molecule has 3 aromatic rings. The Balaban J connectivity index is 1.57. The van der Waals surface area contributed by atoms with Gasteiger partial charge in [0.1, 0.15) is 17.4 Å². The van der Waals surface area contributed by atoms with Gasteiger partial charge in [0.05, 0.1) is 23.1 Å². The highest BCUT2D eigenvalue weighted by molar-refractivity contribution is 7.89. The molecule has 11 heteroatoms. The van der Waals surface area contributed by atoms with Crippen molar-refractivity contribution in [3.05, 3.63) is 71.7 Å². The minimum atomic E-state index is -3.57. The zero-order chi connectivity index (χ0) is 23.1. The number of aromatic nitrogens is 2. The molecule has 0 aliphatic heterocycles. The average molecular weight is 460 g/mol. The van der Waals surface area contributed by atoms with E-state index in [2.05, 4.69) is 20.0 Å². The fraction of sp³-hybridized carbons (Fsp3) is 0.190. The Bertz CT molecular complexity index is 1210. The maximum Gasteiger partial charge on any atom is 0.240 e. The van der Waals surface area contributed by atoms with Crippen LogP contribution in [0.5, 0.6) is 5.75 Å². The molecule has 3 rings (SSSR count). The second kappa shape index (κ2) is 10.2. The molecule has 9 nitrogen and oxygen atoms in total. The summed E-state index contributed by atoms with van der Waals surface area (Å²) in [5.41, 5.74) is 5.92. The summed E-state index contributed by atoms with van der Waals surface area (Å²) in [5.74, 6) is -0.855. The molecule has 0 unspecified atom stereocenters. The number of sulfonamides is 1. The second-order valence-electron chi connectivity index (χ2n) is 6.66. The van der Waals surface area contributed by atoms with Gasteiger partial charge in [-0.3, -0.25) is 4.79 Å². The number of nitrogen functional groups attached to an aromatic ring is 1. The van der Waals surface area contributed by atoms with E-state index in [1.54, 1.807) is 18.2 Å². The summed E-state index contributed by atoms with van der Waals surface area (Å²) in [7, 11) is -2.19. The molecular weight excluding hydrogens is 437 g/mol. The highest BCUT2D eigenvalue weighted by Gasteiger charge is 2.19. The van der Waals surface area contributed by atoms with E-state index in [9.17, 15) is 17.6 Å². The molecule has 0 aliphatic rings. The van der Waals surface area contributed by atoms with Crippen molar-refractivity contribution in [1.29, 1.82) is 0 Å². The Morgan fingerprint density at radius 1 is 1.12 bits per heavy atom. The Morgan fingerprint density at radius 2 is 1.88 bits per heavy atom. The standard InChI is InChI=1S/C21H22FN5O4S/c1-31-18-9-8-14(22)12-16(18)19(28)17-13-25-21(27-20(17)23)24-10-5-11-26-32(29,30)15-6-3-2-4-7-15/h2-4,6-9,12-13,26H,5,10-11H2,1H3,(H3,23,24,25,27). The maximum absolute atomic E-state index is 13.6. The summed E-state index contributed by atoms with van der Waals surface area (Å²) in [6.45, 7) is 0.567. The van der Waals surface area contributed by atoms with E-state index in [1.807, 2.05) is 0 Å². The Kier molecular flexibility index (Phi) is 7.33. The molecule has 168 valence electrons. The molecule has 0 atom stereocenters. The van der Waals surface area contributed by atoms with Gasteiger partial charge in [-0.1, -0.05) is 18.2 Å². The van der Waals surface area contributed by atoms with E-state index < -0.39 is 21.6 Å². The van der Waals surface area contributed by atoms with Crippen LogP contribution in [0.2, 0.25) is 0 Å². The van der Waals surface area contributed by atoms with E-state index in [0.29, 0.717) is 13.0 Å². The van der Waals surface area contributed by atoms with Gasteiger partial charge in [-0.15, -0.1) is 0 Å². The van der Waals surface area contributed by atoms with Crippen LogP contribution in [0.3, 0.4) is 0 Å². The van der Waals surface area contributed by atoms with E-state index >= 15 is 0 Å². The van der Waals surface area contributed by atoms with Gasteiger partial charge >= 0.3 is 0 Å². The third-order valence-electron chi connectivity index (χ3n) is 4.45. The first-order chi connectivity index (χ1) is 15.3. The quantitative estimate of drug-likeness (QED) is 0.310. The lowest BCUT2D eigenvalue weighted by Crippen LogP contribution is -2.26. The summed E-state index contributed by atoms with van der Waals surface area (Å²) in [6, 6.07) is 11.7. The van der Waals surface area contributed by atoms with Crippen molar-refractivity contribution in [2.45, 2.75) is 11.3 Å². The minimum Gasteiger partial charge on any atom is -0.496 e. The molecule has 0 saturated carbocycles. The number of carbonyl (C=O) groups is 1. The number of nitrogens with one attached hydrogen (secondary N) is 2. The van der Waals surface area contributed by atoms with Crippen molar-refractivity contribution in [3.8, 4) is 5.75 Å². The number of methoxy groups -OCH3 is 1. The van der Waals surface area contributed by atoms with Crippen LogP contribution < -0.4 is 20.5 Å². The summed E-state index contributed by atoms with van der Waals surface area (Å²) >= 11 is 0. The van der Waals surface area contributed by atoms with Crippen LogP contribution >= 0.6 is 0 Å². The van der Waals surface area contributed by atoms with Crippen LogP contribution in [0.15, 0.2) is 59.6 Å². The van der Waals surface area contributed by atoms with Gasteiger partial charge < -0.3 is 15.8 Å². The number of halogens is 1. The molecule has 0 bridgehead atoms. The van der Waals surface area contributed by atoms with E-state index in [-0.39, 0.29) is 40.1 Å². The van der Waals surface area contributed by atoms with E-state index in [4.69, 9.17) is 10.5 Å². The molecule has 0 saturated heterocycles. The highest BCUT2D eigenvalue weighted by Crippen LogP contribution is 2.24. The van der Waals surface area contributed by atoms with Crippen LogP contribution in [-0.2, 0) is 10.0 Å². The molecule has 0 spiro atoms. The Labute approximate surface area is 184 Å². The maximum atomic E-state index is 13.6. The summed E-state index contributed by atoms with van der Waals surface area (Å²) in [4.78, 5) is 21.0. The van der Waals surface area contributed by atoms with Gasteiger partial charge in [-0.2, -0.15) is 4.98 Å². The predicted octanol–water partition coefficient (Wildman–Crippen LogP) is 2.22. The first-order valence-corrected chi connectivity index (χ1v) is 11.1. The number of nitrogens with two attached hydrogens (primary N) is 1. The third-order valence-corrected chi connectivity index (χ3v) is 5.93. The zero-order valence-electron chi connectivity index (χ0n) is 17.2. The normalized spacial score (nSPS) is 11.2. The molecule has 1 heterocycles. The molecule has 1 aromatic heterocycles. The topological polar surface area (TPSA) is 136 Å². The second-order valence-corrected chi connectivity index (χ2v) is 8.42. The molecule has 4 N–H and O–H groups in total. The molecule has 0 fully saturated rings. The number of carbonyl (C=O) groups excluding carboxylic acids is 1. The monoisotopic (exact) mass is 459 g/mol. The van der Waals surface area contributed by atoms with Crippen molar-refractivity contribution < 1.29 is 22.3 Å². The number of ketones is 1. The molecular formula is C21H22FN5O4S. The first kappa shape index (κ1) is 23.1. The van der Waals surface area contributed by atoms with Gasteiger partial charge in [0.25, 0.3) is 0 Å². The third kappa shape index (κ3) is 5.56. The minimum absolute atomic E-state index is 0.00853. The Morgan fingerprint density at radius 3 is 2.56 bits per heavy atom. The number of rotatable bonds is 10. The summed E-state index contributed by atoms with van der Waals surface area (Å²) < 4.78 is 45.5. The van der Waals surface area contributed by atoms with Crippen LogP contribution in [0.4, 0.5) is 16.2 Å². The fourth-order valence-electron chi connectivity index (χ4n) is 2.84. The Hall–Kier alpha value is -3.57. The summed E-state index contributed by atoms with van der Waals surface area (Å²) in [6.07, 6.45) is 1.70. The molecule has 0 radical (unpaired) electrons. The fourth-order valence-corrected chi connectivity index (χ4v) is 3.93. The number of nitrogens with zero attached hydrogens (tertiary/aromatic N) is 2. The van der Waals surface area contributed by atoms with Crippen molar-refractivity contribution in [2.24, 2.45) is 0 Å². The van der Waals surface area contributed by atoms with Crippen molar-refractivity contribution in [2.75, 3.05) is 31.2 Å². The van der Waals surface area contributed by atoms with Crippen LogP contribution in [0, 0.1) is 5.82 Å². The van der Waals surface area contributed by atoms with Crippen LogP contribution in [0.1, 0.15) is 22.3 Å². The predicted molar refractivity (Wildman–Crippen MR) is 118 cm³/mol. The highest BCUT2D eigenvalue weighted by atomic mass is 32.2. The number of anilines is 2. The molecule has 2 aromatic carbocycles. The zero-order valence-corrected chi connectivity index (χ0v) is 18.0. The van der Waals surface area contributed by atoms with E-state index in [1.165, 1.54) is 37.6 Å². The van der Waals surface area contributed by atoms with Crippen molar-refractivity contribution in [1.82, 2.24) is 14.7 Å². The summed E-state index contributed by atoms with van der Waals surface area (Å²) in [5, 5.41) is 2.92. The van der Waals surface area contributed by atoms with Gasteiger partial charge in [-0.05, 0) is 36.8 Å². The van der Waals surface area contributed by atoms with Gasteiger partial charge in [-0.25, -0.2) is 22.5 Å². The van der Waals surface area contributed by atoms with Crippen molar-refractivity contribution in [3.63, 3.8) is 0 Å². The lowest BCUT2D eigenvalue weighted by molar-refractivity contribution is 0.103. The lowest BCUT2D eigenvalue weighted by atomic mass is 10.0. The van der Waals surface area contributed by atoms with Gasteiger partial charge in [0, 0.05) is 19.3 Å². The van der Waals surface area contributed by atoms with Crippen molar-refractivity contribution >= 4 is 27.6 Å². The smallest absolute Gasteiger partial charge is 0.240 e. The SMILES string of the molecule is COc1ccc(F)cc1C(=O)c1cnc(NCCCNS(=O)(=O)c2ccccc2)nc1N. The van der Waals surface area contributed by atoms with E-state index in [0.717, 1.165) is 6.07 Å². The average Bonchev–Trinajstić information content (AvgIpc) is 2.79. The van der Waals surface area contributed by atoms with Gasteiger partial charge in [0.2, 0.25) is 21.8 Å². The van der Waals surface area contributed by atoms with Gasteiger partial charge in [0.15, 0.2) is 0 Å². The number of ether oxygens (including phenoxy) is 1. The molecule has 0 aliphatic carbocycles. The number of hydrogen-bond donors (Lipinski definition) is 3. The first-order valence-electron chi connectivity index (χ1n) is 9.61. The lowest BCUT2D eigenvalue weighted by Gasteiger charge is -2.10. The molecule has 32 heavy (non-hydrogen) atoms. The largest absolute Gasteiger partial charge is 0.496 e. The van der Waals surface area contributed by atoms with Crippen LogP contribution in [0.25, 0.3) is 0 Å². The molecule has 0 amide bonds. The number of benzene rings is 2. The van der Waals surface area contributed by atoms with Crippen LogP contribution in [-0.4, -0.2) is 44.4 Å².